The summed E-state index contributed by atoms with van der Waals surface area (Å²) in [6.45, 7) is 6.65. The Balaban J connectivity index is 2.42. The Labute approximate surface area is 55.8 Å². The molecule has 1 N–H and O–H groups in total. The standard InChI is InChI=1S/C7H14O2/c1-5(2)6(8)7(3)4-9-7/h5-6,8H,4H2,1-3H3/t6-,7+/m0/s1. The summed E-state index contributed by atoms with van der Waals surface area (Å²) in [5, 5.41) is 9.40. The predicted molar refractivity (Wildman–Crippen MR) is 35.2 cm³/mol. The zero-order valence-electron chi connectivity index (χ0n) is 6.22. The number of aliphatic hydroxyl groups excluding tert-OH is 1. The lowest BCUT2D eigenvalue weighted by atomic mass is 9.96. The molecule has 1 aliphatic heterocycles. The third-order valence-corrected chi connectivity index (χ3v) is 1.86. The van der Waals surface area contributed by atoms with E-state index in [-0.39, 0.29) is 11.7 Å². The van der Waals surface area contributed by atoms with E-state index in [2.05, 4.69) is 0 Å². The van der Waals surface area contributed by atoms with E-state index in [4.69, 9.17) is 4.74 Å². The number of ether oxygens (including phenoxy) is 1. The van der Waals surface area contributed by atoms with Crippen molar-refractivity contribution in [3.05, 3.63) is 0 Å². The average Bonchev–Trinajstić information content (AvgIpc) is 2.47. The number of aliphatic hydroxyl groups is 1. The molecule has 0 radical (unpaired) electrons. The molecule has 0 aromatic heterocycles. The summed E-state index contributed by atoms with van der Waals surface area (Å²) in [6.07, 6.45) is -0.294. The Morgan fingerprint density at radius 3 is 2.11 bits per heavy atom. The lowest BCUT2D eigenvalue weighted by Crippen LogP contribution is -2.31. The molecule has 9 heavy (non-hydrogen) atoms. The highest BCUT2D eigenvalue weighted by atomic mass is 16.6. The van der Waals surface area contributed by atoms with E-state index in [0.717, 1.165) is 0 Å². The Morgan fingerprint density at radius 1 is 1.56 bits per heavy atom. The summed E-state index contributed by atoms with van der Waals surface area (Å²) in [6, 6.07) is 0. The van der Waals surface area contributed by atoms with E-state index in [0.29, 0.717) is 12.5 Å². The highest BCUT2D eigenvalue weighted by Crippen LogP contribution is 2.33. The highest BCUT2D eigenvalue weighted by Gasteiger charge is 2.47. The van der Waals surface area contributed by atoms with Crippen molar-refractivity contribution in [2.24, 2.45) is 5.92 Å². The van der Waals surface area contributed by atoms with Gasteiger partial charge < -0.3 is 9.84 Å². The maximum Gasteiger partial charge on any atom is 0.115 e. The van der Waals surface area contributed by atoms with E-state index in [9.17, 15) is 5.11 Å². The third-order valence-electron chi connectivity index (χ3n) is 1.86. The van der Waals surface area contributed by atoms with Crippen LogP contribution in [-0.4, -0.2) is 23.4 Å². The van der Waals surface area contributed by atoms with Crippen molar-refractivity contribution in [1.82, 2.24) is 0 Å². The number of hydrogen-bond donors (Lipinski definition) is 1. The molecule has 2 nitrogen and oxygen atoms in total. The van der Waals surface area contributed by atoms with Gasteiger partial charge in [-0.15, -0.1) is 0 Å². The Hall–Kier alpha value is -0.0800. The van der Waals surface area contributed by atoms with Crippen molar-refractivity contribution >= 4 is 0 Å². The molecule has 1 aliphatic rings. The van der Waals surface area contributed by atoms with Crippen LogP contribution in [0.3, 0.4) is 0 Å². The van der Waals surface area contributed by atoms with Crippen LogP contribution in [0, 0.1) is 5.92 Å². The fraction of sp³-hybridized carbons (Fsp3) is 1.00. The first-order valence-corrected chi connectivity index (χ1v) is 3.38. The topological polar surface area (TPSA) is 32.8 Å². The first-order valence-electron chi connectivity index (χ1n) is 3.38. The summed E-state index contributed by atoms with van der Waals surface area (Å²) >= 11 is 0. The van der Waals surface area contributed by atoms with Gasteiger partial charge in [0, 0.05) is 0 Å². The first kappa shape index (κ1) is 7.03. The van der Waals surface area contributed by atoms with Crippen molar-refractivity contribution < 1.29 is 9.84 Å². The summed E-state index contributed by atoms with van der Waals surface area (Å²) in [5.74, 6) is 0.303. The van der Waals surface area contributed by atoms with Crippen molar-refractivity contribution in [2.45, 2.75) is 32.5 Å². The summed E-state index contributed by atoms with van der Waals surface area (Å²) in [4.78, 5) is 0. The molecular formula is C7H14O2. The maximum atomic E-state index is 9.40. The number of epoxide rings is 1. The van der Waals surface area contributed by atoms with Crippen molar-refractivity contribution in [2.75, 3.05) is 6.61 Å². The minimum atomic E-state index is -0.294. The van der Waals surface area contributed by atoms with Crippen LogP contribution in [0.2, 0.25) is 0 Å². The van der Waals surface area contributed by atoms with E-state index >= 15 is 0 Å². The van der Waals surface area contributed by atoms with Crippen molar-refractivity contribution in [1.29, 1.82) is 0 Å². The van der Waals surface area contributed by atoms with Crippen LogP contribution >= 0.6 is 0 Å². The zero-order chi connectivity index (χ0) is 7.07. The van der Waals surface area contributed by atoms with Crippen LogP contribution in [0.25, 0.3) is 0 Å². The van der Waals surface area contributed by atoms with Gasteiger partial charge in [0.2, 0.25) is 0 Å². The number of hydrogen-bond acceptors (Lipinski definition) is 2. The van der Waals surface area contributed by atoms with E-state index in [1.165, 1.54) is 0 Å². The third kappa shape index (κ3) is 1.25. The molecule has 0 saturated carbocycles. The van der Waals surface area contributed by atoms with E-state index in [1.54, 1.807) is 0 Å². The zero-order valence-corrected chi connectivity index (χ0v) is 6.22. The Bertz CT molecular complexity index is 105. The molecule has 0 unspecified atom stereocenters. The van der Waals surface area contributed by atoms with Crippen molar-refractivity contribution in [3.63, 3.8) is 0 Å². The van der Waals surface area contributed by atoms with E-state index in [1.807, 2.05) is 20.8 Å². The normalized spacial score (nSPS) is 37.0. The van der Waals surface area contributed by atoms with Gasteiger partial charge in [0.05, 0.1) is 12.7 Å². The second kappa shape index (κ2) is 1.96. The summed E-state index contributed by atoms with van der Waals surface area (Å²) in [7, 11) is 0. The monoisotopic (exact) mass is 130 g/mol. The lowest BCUT2D eigenvalue weighted by molar-refractivity contribution is 0.0474. The minimum absolute atomic E-state index is 0.214. The summed E-state index contributed by atoms with van der Waals surface area (Å²) < 4.78 is 5.07. The average molecular weight is 130 g/mol. The quantitative estimate of drug-likeness (QED) is 0.560. The van der Waals surface area contributed by atoms with Crippen LogP contribution in [0.1, 0.15) is 20.8 Å². The molecule has 54 valence electrons. The fourth-order valence-corrected chi connectivity index (χ4v) is 0.990. The van der Waals surface area contributed by atoms with Gasteiger partial charge in [0.15, 0.2) is 0 Å². The van der Waals surface area contributed by atoms with Gasteiger partial charge in [-0.1, -0.05) is 13.8 Å². The largest absolute Gasteiger partial charge is 0.390 e. The molecular weight excluding hydrogens is 116 g/mol. The molecule has 2 atom stereocenters. The second-order valence-electron chi connectivity index (χ2n) is 3.29. The molecule has 0 spiro atoms. The van der Waals surface area contributed by atoms with Gasteiger partial charge in [-0.3, -0.25) is 0 Å². The van der Waals surface area contributed by atoms with Crippen LogP contribution in [0.4, 0.5) is 0 Å². The van der Waals surface area contributed by atoms with Crippen LogP contribution in [0.15, 0.2) is 0 Å². The van der Waals surface area contributed by atoms with E-state index < -0.39 is 0 Å². The van der Waals surface area contributed by atoms with Gasteiger partial charge >= 0.3 is 0 Å². The SMILES string of the molecule is CC(C)[C@H](O)[C@@]1(C)CO1. The molecule has 1 fully saturated rings. The molecule has 0 aromatic carbocycles. The smallest absolute Gasteiger partial charge is 0.115 e. The minimum Gasteiger partial charge on any atom is -0.390 e. The van der Waals surface area contributed by atoms with Gasteiger partial charge in [-0.25, -0.2) is 0 Å². The molecule has 0 amide bonds. The van der Waals surface area contributed by atoms with Crippen molar-refractivity contribution in [3.8, 4) is 0 Å². The van der Waals surface area contributed by atoms with Gasteiger partial charge in [-0.2, -0.15) is 0 Å². The first-order chi connectivity index (χ1) is 4.06. The van der Waals surface area contributed by atoms with Gasteiger partial charge in [0.25, 0.3) is 0 Å². The highest BCUT2D eigenvalue weighted by molar-refractivity contribution is 4.95. The Morgan fingerprint density at radius 2 is 2.00 bits per heavy atom. The van der Waals surface area contributed by atoms with Crippen LogP contribution in [-0.2, 0) is 4.74 Å². The van der Waals surface area contributed by atoms with Gasteiger partial charge in [-0.05, 0) is 12.8 Å². The molecule has 0 bridgehead atoms. The molecule has 1 heterocycles. The summed E-state index contributed by atoms with van der Waals surface area (Å²) in [5.41, 5.74) is -0.214. The lowest BCUT2D eigenvalue weighted by Gasteiger charge is -2.17. The predicted octanol–water partition coefficient (Wildman–Crippen LogP) is 0.792. The maximum absolute atomic E-state index is 9.40. The molecule has 1 saturated heterocycles. The molecule has 0 aliphatic carbocycles. The van der Waals surface area contributed by atoms with Crippen LogP contribution < -0.4 is 0 Å². The second-order valence-corrected chi connectivity index (χ2v) is 3.29. The van der Waals surface area contributed by atoms with Gasteiger partial charge in [0.1, 0.15) is 5.60 Å². The fourth-order valence-electron chi connectivity index (χ4n) is 0.990. The number of rotatable bonds is 2. The molecule has 1 rings (SSSR count). The Kier molecular flexibility index (Phi) is 1.53. The molecule has 0 aromatic rings. The molecule has 2 heteroatoms. The van der Waals surface area contributed by atoms with Crippen LogP contribution in [0.5, 0.6) is 0 Å².